The third kappa shape index (κ3) is 4.95. The Labute approximate surface area is 100 Å². The Morgan fingerprint density at radius 1 is 1.47 bits per heavy atom. The van der Waals surface area contributed by atoms with E-state index < -0.39 is 6.10 Å². The third-order valence-corrected chi connectivity index (χ3v) is 2.16. The summed E-state index contributed by atoms with van der Waals surface area (Å²) in [6, 6.07) is 0. The van der Waals surface area contributed by atoms with Crippen LogP contribution in [0.25, 0.3) is 0 Å². The maximum absolute atomic E-state index is 11.3. The number of rotatable bonds is 6. The molecule has 17 heavy (non-hydrogen) atoms. The minimum absolute atomic E-state index is 0.129. The number of nitrogens with one attached hydrogen (secondary N) is 1. The average Bonchev–Trinajstić information content (AvgIpc) is 2.72. The molecule has 0 aliphatic rings. The standard InChI is InChI=1S/C11H19N3O3/c1-7(2)11-13-10(17-14-11)5-4-9(16)12-6-8(3)15/h7-8,15H,4-6H2,1-3H3,(H,12,16). The number of aliphatic hydroxyl groups excluding tert-OH is 1. The van der Waals surface area contributed by atoms with Crippen LogP contribution < -0.4 is 5.32 Å². The van der Waals surface area contributed by atoms with Crippen LogP contribution in [0.15, 0.2) is 4.52 Å². The van der Waals surface area contributed by atoms with E-state index in [9.17, 15) is 4.79 Å². The summed E-state index contributed by atoms with van der Waals surface area (Å²) < 4.78 is 5.01. The molecule has 0 bridgehead atoms. The SMILES string of the molecule is CC(O)CNC(=O)CCc1nc(C(C)C)no1. The van der Waals surface area contributed by atoms with Crippen molar-refractivity contribution in [3.63, 3.8) is 0 Å². The molecule has 0 aliphatic carbocycles. The van der Waals surface area contributed by atoms with Crippen LogP contribution in [-0.4, -0.2) is 33.8 Å². The van der Waals surface area contributed by atoms with E-state index in [1.54, 1.807) is 6.92 Å². The van der Waals surface area contributed by atoms with Crippen molar-refractivity contribution < 1.29 is 14.4 Å². The molecule has 6 heteroatoms. The number of nitrogens with zero attached hydrogens (tertiary/aromatic N) is 2. The van der Waals surface area contributed by atoms with Crippen LogP contribution in [0.1, 0.15) is 44.8 Å². The van der Waals surface area contributed by atoms with Crippen LogP contribution in [-0.2, 0) is 11.2 Å². The van der Waals surface area contributed by atoms with Gasteiger partial charge in [0.25, 0.3) is 0 Å². The van der Waals surface area contributed by atoms with Gasteiger partial charge in [-0.3, -0.25) is 4.79 Å². The van der Waals surface area contributed by atoms with Crippen LogP contribution >= 0.6 is 0 Å². The molecule has 1 atom stereocenters. The fourth-order valence-corrected chi connectivity index (χ4v) is 1.17. The highest BCUT2D eigenvalue weighted by molar-refractivity contribution is 5.75. The van der Waals surface area contributed by atoms with Gasteiger partial charge < -0.3 is 14.9 Å². The van der Waals surface area contributed by atoms with Gasteiger partial charge in [0.15, 0.2) is 5.82 Å². The maximum Gasteiger partial charge on any atom is 0.227 e. The Morgan fingerprint density at radius 2 is 2.18 bits per heavy atom. The van der Waals surface area contributed by atoms with Gasteiger partial charge in [0.2, 0.25) is 11.8 Å². The van der Waals surface area contributed by atoms with E-state index in [2.05, 4.69) is 15.5 Å². The molecular formula is C11H19N3O3. The molecule has 0 aromatic carbocycles. The second kappa shape index (κ2) is 6.34. The summed E-state index contributed by atoms with van der Waals surface area (Å²) in [7, 11) is 0. The predicted octanol–water partition coefficient (Wildman–Crippen LogP) is 0.623. The minimum Gasteiger partial charge on any atom is -0.392 e. The second-order valence-corrected chi connectivity index (χ2v) is 4.35. The van der Waals surface area contributed by atoms with Gasteiger partial charge in [-0.2, -0.15) is 4.98 Å². The number of hydrogen-bond acceptors (Lipinski definition) is 5. The van der Waals surface area contributed by atoms with Crippen molar-refractivity contribution in [1.29, 1.82) is 0 Å². The summed E-state index contributed by atoms with van der Waals surface area (Å²) in [6.45, 7) is 5.83. The van der Waals surface area contributed by atoms with Crippen molar-refractivity contribution in [3.8, 4) is 0 Å². The molecule has 1 aromatic heterocycles. The first-order valence-electron chi connectivity index (χ1n) is 5.76. The molecular weight excluding hydrogens is 222 g/mol. The normalized spacial score (nSPS) is 12.8. The number of aromatic nitrogens is 2. The largest absolute Gasteiger partial charge is 0.392 e. The second-order valence-electron chi connectivity index (χ2n) is 4.35. The molecule has 0 radical (unpaired) electrons. The Bertz CT molecular complexity index is 361. The summed E-state index contributed by atoms with van der Waals surface area (Å²) in [5.74, 6) is 1.22. The Kier molecular flexibility index (Phi) is 5.09. The molecule has 2 N–H and O–H groups in total. The Morgan fingerprint density at radius 3 is 2.71 bits per heavy atom. The number of amides is 1. The fraction of sp³-hybridized carbons (Fsp3) is 0.727. The van der Waals surface area contributed by atoms with Crippen molar-refractivity contribution >= 4 is 5.91 Å². The lowest BCUT2D eigenvalue weighted by Crippen LogP contribution is -2.30. The van der Waals surface area contributed by atoms with E-state index in [4.69, 9.17) is 9.63 Å². The van der Waals surface area contributed by atoms with Crippen molar-refractivity contribution in [2.75, 3.05) is 6.54 Å². The molecule has 0 fully saturated rings. The number of aryl methyl sites for hydroxylation is 1. The van der Waals surface area contributed by atoms with E-state index in [-0.39, 0.29) is 24.8 Å². The van der Waals surface area contributed by atoms with Crippen LogP contribution in [0.4, 0.5) is 0 Å². The third-order valence-electron chi connectivity index (χ3n) is 2.16. The minimum atomic E-state index is -0.533. The fourth-order valence-electron chi connectivity index (χ4n) is 1.17. The summed E-state index contributed by atoms with van der Waals surface area (Å²) in [4.78, 5) is 15.5. The Hall–Kier alpha value is -1.43. The van der Waals surface area contributed by atoms with Gasteiger partial charge in [-0.05, 0) is 6.92 Å². The zero-order valence-corrected chi connectivity index (χ0v) is 10.4. The van der Waals surface area contributed by atoms with Crippen LogP contribution in [0.2, 0.25) is 0 Å². The molecule has 1 aromatic rings. The summed E-state index contributed by atoms with van der Waals surface area (Å²) in [5, 5.41) is 15.4. The molecule has 6 nitrogen and oxygen atoms in total. The maximum atomic E-state index is 11.3. The lowest BCUT2D eigenvalue weighted by molar-refractivity contribution is -0.121. The van der Waals surface area contributed by atoms with E-state index in [1.165, 1.54) is 0 Å². The first-order chi connectivity index (χ1) is 7.99. The molecule has 1 rings (SSSR count). The van der Waals surface area contributed by atoms with Crippen molar-refractivity contribution in [2.24, 2.45) is 0 Å². The lowest BCUT2D eigenvalue weighted by Gasteiger charge is -2.05. The van der Waals surface area contributed by atoms with Gasteiger partial charge in [-0.1, -0.05) is 19.0 Å². The molecule has 1 heterocycles. The molecule has 96 valence electrons. The lowest BCUT2D eigenvalue weighted by atomic mass is 10.2. The number of carbonyl (C=O) groups excluding carboxylic acids is 1. The summed E-state index contributed by atoms with van der Waals surface area (Å²) in [6.07, 6.45) is 0.174. The smallest absolute Gasteiger partial charge is 0.227 e. The molecule has 1 unspecified atom stereocenters. The summed E-state index contributed by atoms with van der Waals surface area (Å²) in [5.41, 5.74) is 0. The van der Waals surface area contributed by atoms with Crippen molar-refractivity contribution in [1.82, 2.24) is 15.5 Å². The van der Waals surface area contributed by atoms with Crippen molar-refractivity contribution in [3.05, 3.63) is 11.7 Å². The zero-order valence-electron chi connectivity index (χ0n) is 10.4. The molecule has 0 aliphatic heterocycles. The van der Waals surface area contributed by atoms with Gasteiger partial charge in [0.1, 0.15) is 0 Å². The van der Waals surface area contributed by atoms with E-state index >= 15 is 0 Å². The van der Waals surface area contributed by atoms with Crippen LogP contribution in [0.3, 0.4) is 0 Å². The highest BCUT2D eigenvalue weighted by atomic mass is 16.5. The average molecular weight is 241 g/mol. The number of carbonyl (C=O) groups is 1. The van der Waals surface area contributed by atoms with Crippen LogP contribution in [0, 0.1) is 0 Å². The molecule has 0 spiro atoms. The van der Waals surface area contributed by atoms with Gasteiger partial charge in [-0.25, -0.2) is 0 Å². The van der Waals surface area contributed by atoms with E-state index in [1.807, 2.05) is 13.8 Å². The van der Waals surface area contributed by atoms with E-state index in [0.29, 0.717) is 18.1 Å². The van der Waals surface area contributed by atoms with Gasteiger partial charge in [0, 0.05) is 25.3 Å². The van der Waals surface area contributed by atoms with E-state index in [0.717, 1.165) is 0 Å². The van der Waals surface area contributed by atoms with Crippen molar-refractivity contribution in [2.45, 2.75) is 45.6 Å². The summed E-state index contributed by atoms with van der Waals surface area (Å²) >= 11 is 0. The topological polar surface area (TPSA) is 88.2 Å². The number of hydrogen-bond donors (Lipinski definition) is 2. The Balaban J connectivity index is 2.32. The number of aliphatic hydroxyl groups is 1. The predicted molar refractivity (Wildman–Crippen MR) is 61.4 cm³/mol. The molecule has 1 amide bonds. The zero-order chi connectivity index (χ0) is 12.8. The van der Waals surface area contributed by atoms with Gasteiger partial charge in [-0.15, -0.1) is 0 Å². The van der Waals surface area contributed by atoms with Gasteiger partial charge >= 0.3 is 0 Å². The highest BCUT2D eigenvalue weighted by Gasteiger charge is 2.11. The first-order valence-corrected chi connectivity index (χ1v) is 5.76. The quantitative estimate of drug-likeness (QED) is 0.762. The van der Waals surface area contributed by atoms with Crippen LogP contribution in [0.5, 0.6) is 0 Å². The highest BCUT2D eigenvalue weighted by Crippen LogP contribution is 2.10. The van der Waals surface area contributed by atoms with Gasteiger partial charge in [0.05, 0.1) is 6.10 Å². The monoisotopic (exact) mass is 241 g/mol. The molecule has 0 saturated heterocycles. The first kappa shape index (κ1) is 13.6. The molecule has 0 saturated carbocycles.